The smallest absolute Gasteiger partial charge is 0.272 e. The molecule has 1 aromatic heterocycles. The molecular formula is C19H27N3O4. The molecule has 2 aliphatic rings. The molecule has 2 amide bonds. The number of hydrogen-bond acceptors (Lipinski definition) is 5. The number of piperidine rings is 1. The van der Waals surface area contributed by atoms with Crippen molar-refractivity contribution in [2.24, 2.45) is 0 Å². The fraction of sp³-hybridized carbons (Fsp3) is 0.632. The van der Waals surface area contributed by atoms with Crippen LogP contribution in [0.25, 0.3) is 0 Å². The summed E-state index contributed by atoms with van der Waals surface area (Å²) in [7, 11) is 1.76. The topological polar surface area (TPSA) is 72.0 Å². The van der Waals surface area contributed by atoms with Crippen LogP contribution in [0, 0.1) is 0 Å². The Hall–Kier alpha value is -1.99. The van der Waals surface area contributed by atoms with Gasteiger partial charge in [-0.1, -0.05) is 19.4 Å². The first-order chi connectivity index (χ1) is 12.5. The predicted molar refractivity (Wildman–Crippen MR) is 95.9 cm³/mol. The van der Waals surface area contributed by atoms with E-state index >= 15 is 0 Å². The van der Waals surface area contributed by atoms with E-state index < -0.39 is 5.79 Å². The molecule has 2 saturated heterocycles. The van der Waals surface area contributed by atoms with Gasteiger partial charge >= 0.3 is 0 Å². The van der Waals surface area contributed by atoms with Crippen LogP contribution < -0.4 is 0 Å². The zero-order valence-corrected chi connectivity index (χ0v) is 15.6. The number of likely N-dealkylation sites (tertiary alicyclic amines) is 1. The van der Waals surface area contributed by atoms with E-state index in [2.05, 4.69) is 11.9 Å². The van der Waals surface area contributed by atoms with Gasteiger partial charge < -0.3 is 19.3 Å². The molecule has 7 nitrogen and oxygen atoms in total. The van der Waals surface area contributed by atoms with Gasteiger partial charge in [-0.3, -0.25) is 9.59 Å². The minimum atomic E-state index is -0.510. The van der Waals surface area contributed by atoms with E-state index in [9.17, 15) is 9.59 Å². The lowest BCUT2D eigenvalue weighted by atomic mass is 10.0. The summed E-state index contributed by atoms with van der Waals surface area (Å²) in [6, 6.07) is 5.04. The Labute approximate surface area is 154 Å². The molecule has 7 heteroatoms. The molecule has 0 aromatic carbocycles. The predicted octanol–water partition coefficient (Wildman–Crippen LogP) is 1.93. The first-order valence-corrected chi connectivity index (χ1v) is 9.34. The van der Waals surface area contributed by atoms with Crippen molar-refractivity contribution in [1.82, 2.24) is 14.8 Å². The summed E-state index contributed by atoms with van der Waals surface area (Å²) in [6.07, 6.45) is 3.29. The number of unbranched alkanes of at least 4 members (excludes halogenated alkanes) is 1. The Morgan fingerprint density at radius 1 is 1.19 bits per heavy atom. The van der Waals surface area contributed by atoms with E-state index in [1.165, 1.54) is 0 Å². The van der Waals surface area contributed by atoms with Crippen LogP contribution in [0.1, 0.15) is 53.6 Å². The zero-order valence-electron chi connectivity index (χ0n) is 15.6. The highest BCUT2D eigenvalue weighted by Crippen LogP contribution is 2.31. The standard InChI is InChI=1S/C19H27N3O4/c1-3-4-10-21(2)17(23)15-6-5-7-16(20-15)18(24)22-11-8-19(9-12-22)25-13-14-26-19/h5-7H,3-4,8-14H2,1-2H3. The molecule has 1 spiro atoms. The Morgan fingerprint density at radius 3 is 2.50 bits per heavy atom. The number of aromatic nitrogens is 1. The first-order valence-electron chi connectivity index (χ1n) is 9.34. The maximum absolute atomic E-state index is 12.8. The highest BCUT2D eigenvalue weighted by Gasteiger charge is 2.41. The van der Waals surface area contributed by atoms with Gasteiger partial charge in [0, 0.05) is 39.5 Å². The summed E-state index contributed by atoms with van der Waals surface area (Å²) >= 11 is 0. The summed E-state index contributed by atoms with van der Waals surface area (Å²) in [4.78, 5) is 33.0. The fourth-order valence-electron chi connectivity index (χ4n) is 3.36. The van der Waals surface area contributed by atoms with E-state index in [1.807, 2.05) is 0 Å². The maximum Gasteiger partial charge on any atom is 0.272 e. The minimum absolute atomic E-state index is 0.149. The number of carbonyl (C=O) groups excluding carboxylic acids is 2. The Balaban J connectivity index is 1.64. The van der Waals surface area contributed by atoms with Crippen LogP contribution in [-0.2, 0) is 9.47 Å². The Morgan fingerprint density at radius 2 is 1.85 bits per heavy atom. The summed E-state index contributed by atoms with van der Waals surface area (Å²) in [5.74, 6) is -0.813. The van der Waals surface area contributed by atoms with Crippen molar-refractivity contribution in [2.75, 3.05) is 39.9 Å². The molecule has 3 heterocycles. The highest BCUT2D eigenvalue weighted by molar-refractivity contribution is 5.96. The minimum Gasteiger partial charge on any atom is -0.347 e. The Bertz CT molecular complexity index is 648. The number of carbonyl (C=O) groups is 2. The van der Waals surface area contributed by atoms with Crippen LogP contribution in [0.15, 0.2) is 18.2 Å². The quantitative estimate of drug-likeness (QED) is 0.801. The maximum atomic E-state index is 12.8. The van der Waals surface area contributed by atoms with Gasteiger partial charge in [-0.25, -0.2) is 4.98 Å². The summed E-state index contributed by atoms with van der Waals surface area (Å²) in [6.45, 7) is 5.13. The van der Waals surface area contributed by atoms with Gasteiger partial charge in [0.1, 0.15) is 11.4 Å². The molecule has 142 valence electrons. The molecule has 0 saturated carbocycles. The van der Waals surface area contributed by atoms with E-state index in [1.54, 1.807) is 35.0 Å². The van der Waals surface area contributed by atoms with Gasteiger partial charge in [0.05, 0.1) is 13.2 Å². The molecule has 26 heavy (non-hydrogen) atoms. The lowest BCUT2D eigenvalue weighted by molar-refractivity contribution is -0.181. The second kappa shape index (κ2) is 8.14. The zero-order chi connectivity index (χ0) is 18.6. The van der Waals surface area contributed by atoms with Gasteiger partial charge in [0.25, 0.3) is 11.8 Å². The van der Waals surface area contributed by atoms with Crippen molar-refractivity contribution in [3.05, 3.63) is 29.6 Å². The number of pyridine rings is 1. The second-order valence-electron chi connectivity index (χ2n) is 6.89. The molecule has 2 fully saturated rings. The van der Waals surface area contributed by atoms with E-state index in [0.29, 0.717) is 57.1 Å². The van der Waals surface area contributed by atoms with Gasteiger partial charge in [-0.2, -0.15) is 0 Å². The summed E-state index contributed by atoms with van der Waals surface area (Å²) in [5.41, 5.74) is 0.620. The number of rotatable bonds is 5. The average molecular weight is 361 g/mol. The molecule has 1 aromatic rings. The molecule has 0 bridgehead atoms. The largest absolute Gasteiger partial charge is 0.347 e. The molecule has 2 aliphatic heterocycles. The molecule has 0 atom stereocenters. The third kappa shape index (κ3) is 4.04. The van der Waals surface area contributed by atoms with Gasteiger partial charge in [0.15, 0.2) is 5.79 Å². The molecule has 0 aliphatic carbocycles. The fourth-order valence-corrected chi connectivity index (χ4v) is 3.36. The van der Waals surface area contributed by atoms with Gasteiger partial charge in [0.2, 0.25) is 0 Å². The van der Waals surface area contributed by atoms with Crippen molar-refractivity contribution < 1.29 is 19.1 Å². The van der Waals surface area contributed by atoms with Crippen LogP contribution in [0.3, 0.4) is 0 Å². The van der Waals surface area contributed by atoms with E-state index in [4.69, 9.17) is 9.47 Å². The number of hydrogen-bond donors (Lipinski definition) is 0. The van der Waals surface area contributed by atoms with Crippen LogP contribution >= 0.6 is 0 Å². The molecule has 0 unspecified atom stereocenters. The van der Waals surface area contributed by atoms with Gasteiger partial charge in [-0.15, -0.1) is 0 Å². The molecular weight excluding hydrogens is 334 g/mol. The van der Waals surface area contributed by atoms with Crippen molar-refractivity contribution >= 4 is 11.8 Å². The normalized spacial score (nSPS) is 18.9. The van der Waals surface area contributed by atoms with Crippen molar-refractivity contribution in [3.63, 3.8) is 0 Å². The van der Waals surface area contributed by atoms with Crippen LogP contribution in [-0.4, -0.2) is 72.3 Å². The van der Waals surface area contributed by atoms with Crippen molar-refractivity contribution in [2.45, 2.75) is 38.4 Å². The highest BCUT2D eigenvalue weighted by atomic mass is 16.7. The van der Waals surface area contributed by atoms with Crippen molar-refractivity contribution in [1.29, 1.82) is 0 Å². The van der Waals surface area contributed by atoms with E-state index in [0.717, 1.165) is 12.8 Å². The van der Waals surface area contributed by atoms with Gasteiger partial charge in [-0.05, 0) is 18.6 Å². The monoisotopic (exact) mass is 361 g/mol. The van der Waals surface area contributed by atoms with Crippen LogP contribution in [0.4, 0.5) is 0 Å². The third-order valence-corrected chi connectivity index (χ3v) is 5.01. The second-order valence-corrected chi connectivity index (χ2v) is 6.89. The Kier molecular flexibility index (Phi) is 5.88. The van der Waals surface area contributed by atoms with Crippen molar-refractivity contribution in [3.8, 4) is 0 Å². The van der Waals surface area contributed by atoms with E-state index in [-0.39, 0.29) is 11.8 Å². The molecule has 3 rings (SSSR count). The number of ether oxygens (including phenoxy) is 2. The number of nitrogens with zero attached hydrogens (tertiary/aromatic N) is 3. The molecule has 0 N–H and O–H groups in total. The summed E-state index contributed by atoms with van der Waals surface area (Å²) in [5, 5.41) is 0. The number of amides is 2. The average Bonchev–Trinajstić information content (AvgIpc) is 3.13. The van der Waals surface area contributed by atoms with Crippen LogP contribution in [0.5, 0.6) is 0 Å². The van der Waals surface area contributed by atoms with Crippen LogP contribution in [0.2, 0.25) is 0 Å². The lowest BCUT2D eigenvalue weighted by Crippen LogP contribution is -2.47. The molecule has 0 radical (unpaired) electrons. The SMILES string of the molecule is CCCCN(C)C(=O)c1cccc(C(=O)N2CCC3(CC2)OCCO3)n1. The third-order valence-electron chi connectivity index (χ3n) is 5.01. The first kappa shape index (κ1) is 18.8. The lowest BCUT2D eigenvalue weighted by Gasteiger charge is -2.37. The summed E-state index contributed by atoms with van der Waals surface area (Å²) < 4.78 is 11.4.